The molecule has 1 aliphatic rings. The zero-order chi connectivity index (χ0) is 18.6. The maximum atomic E-state index is 12.9. The molecule has 0 spiro atoms. The molecule has 0 aliphatic carbocycles. The number of rotatable bonds is 6. The van der Waals surface area contributed by atoms with Crippen LogP contribution in [-0.4, -0.2) is 42.0 Å². The van der Waals surface area contributed by atoms with E-state index in [4.69, 9.17) is 9.15 Å². The van der Waals surface area contributed by atoms with Crippen molar-refractivity contribution in [2.75, 3.05) is 26.2 Å². The van der Waals surface area contributed by atoms with E-state index in [1.54, 1.807) is 24.3 Å². The molecule has 0 atom stereocenters. The number of carbonyl (C=O) groups excluding carboxylic acids is 1. The van der Waals surface area contributed by atoms with E-state index in [0.29, 0.717) is 28.9 Å². The van der Waals surface area contributed by atoms with Crippen molar-refractivity contribution in [2.45, 2.75) is 19.3 Å². The highest BCUT2D eigenvalue weighted by molar-refractivity contribution is 6.12. The highest BCUT2D eigenvalue weighted by Crippen LogP contribution is 2.36. The molecule has 4 rings (SSSR count). The summed E-state index contributed by atoms with van der Waals surface area (Å²) in [7, 11) is 0. The average molecular weight is 365 g/mol. The Hall–Kier alpha value is -2.79. The summed E-state index contributed by atoms with van der Waals surface area (Å²) in [5.41, 5.74) is 0.990. The number of carbonyl (C=O) groups is 1. The first-order valence-corrected chi connectivity index (χ1v) is 9.43. The topological polar surface area (TPSA) is 62.9 Å². The molecule has 1 N–H and O–H groups in total. The van der Waals surface area contributed by atoms with Crippen LogP contribution in [0.1, 0.15) is 35.4 Å². The van der Waals surface area contributed by atoms with Crippen LogP contribution >= 0.6 is 0 Å². The summed E-state index contributed by atoms with van der Waals surface area (Å²) >= 11 is 0. The van der Waals surface area contributed by atoms with Crippen LogP contribution in [0.25, 0.3) is 11.0 Å². The third-order valence-electron chi connectivity index (χ3n) is 4.97. The summed E-state index contributed by atoms with van der Waals surface area (Å²) in [6, 6.07) is 13.8. The summed E-state index contributed by atoms with van der Waals surface area (Å²) in [6.07, 6.45) is 3.75. The Kier molecular flexibility index (Phi) is 5.12. The van der Waals surface area contributed by atoms with Gasteiger partial charge in [-0.15, -0.1) is 0 Å². The molecular formula is C22H23NO4. The number of phenols is 1. The number of fused-ring (bicyclic) bond motifs is 1. The van der Waals surface area contributed by atoms with Gasteiger partial charge in [0.25, 0.3) is 0 Å². The first-order valence-electron chi connectivity index (χ1n) is 9.43. The summed E-state index contributed by atoms with van der Waals surface area (Å²) in [4.78, 5) is 15.3. The first kappa shape index (κ1) is 17.6. The second kappa shape index (κ2) is 7.84. The van der Waals surface area contributed by atoms with Crippen LogP contribution in [0.5, 0.6) is 11.5 Å². The number of nitrogens with zero attached hydrogens (tertiary/aromatic N) is 1. The summed E-state index contributed by atoms with van der Waals surface area (Å²) in [6.45, 7) is 3.51. The molecule has 0 amide bonds. The second-order valence-corrected chi connectivity index (χ2v) is 6.89. The van der Waals surface area contributed by atoms with Crippen LogP contribution in [0.2, 0.25) is 0 Å². The van der Waals surface area contributed by atoms with E-state index in [-0.39, 0.29) is 17.3 Å². The lowest BCUT2D eigenvalue weighted by atomic mass is 10.1. The van der Waals surface area contributed by atoms with Crippen LogP contribution in [-0.2, 0) is 0 Å². The number of hydrogen-bond acceptors (Lipinski definition) is 5. The van der Waals surface area contributed by atoms with E-state index in [1.165, 1.54) is 25.3 Å². The van der Waals surface area contributed by atoms with Crippen molar-refractivity contribution >= 4 is 16.8 Å². The molecule has 0 radical (unpaired) electrons. The fourth-order valence-electron chi connectivity index (χ4n) is 3.53. The Morgan fingerprint density at radius 1 is 1.07 bits per heavy atom. The third kappa shape index (κ3) is 3.83. The van der Waals surface area contributed by atoms with Gasteiger partial charge >= 0.3 is 0 Å². The van der Waals surface area contributed by atoms with Gasteiger partial charge in [-0.25, -0.2) is 0 Å². The maximum Gasteiger partial charge on any atom is 0.232 e. The van der Waals surface area contributed by atoms with Gasteiger partial charge in [0.2, 0.25) is 11.5 Å². The predicted molar refractivity (Wildman–Crippen MR) is 104 cm³/mol. The molecule has 1 fully saturated rings. The normalized spacial score (nSPS) is 15.1. The number of benzene rings is 2. The van der Waals surface area contributed by atoms with Crippen molar-refractivity contribution < 1.29 is 19.1 Å². The lowest BCUT2D eigenvalue weighted by Gasteiger charge is -2.26. The Morgan fingerprint density at radius 2 is 1.85 bits per heavy atom. The minimum absolute atomic E-state index is 0.0924. The quantitative estimate of drug-likeness (QED) is 0.662. The molecule has 3 aromatic rings. The number of likely N-dealkylation sites (tertiary alicyclic amines) is 1. The van der Waals surface area contributed by atoms with Crippen molar-refractivity contribution in [3.05, 3.63) is 59.9 Å². The molecule has 140 valence electrons. The molecule has 5 nitrogen and oxygen atoms in total. The van der Waals surface area contributed by atoms with E-state index in [2.05, 4.69) is 4.90 Å². The minimum atomic E-state index is -0.223. The highest BCUT2D eigenvalue weighted by Gasteiger charge is 2.24. The van der Waals surface area contributed by atoms with Crippen LogP contribution in [0, 0.1) is 0 Å². The number of aromatic hydroxyl groups is 1. The van der Waals surface area contributed by atoms with Crippen molar-refractivity contribution in [1.82, 2.24) is 4.90 Å². The number of hydrogen-bond donors (Lipinski definition) is 1. The fraction of sp³-hybridized carbons (Fsp3) is 0.318. The van der Waals surface area contributed by atoms with Gasteiger partial charge in [-0.05, 0) is 38.1 Å². The van der Waals surface area contributed by atoms with Crippen LogP contribution in [0.15, 0.2) is 52.9 Å². The van der Waals surface area contributed by atoms with E-state index < -0.39 is 0 Å². The van der Waals surface area contributed by atoms with Crippen molar-refractivity contribution in [3.63, 3.8) is 0 Å². The van der Waals surface area contributed by atoms with Gasteiger partial charge in [-0.3, -0.25) is 9.69 Å². The first-order chi connectivity index (χ1) is 13.2. The SMILES string of the molecule is O=C(c1ccccc1)c1oc2cc(O)ccc2c1OCCN1CCCCC1. The van der Waals surface area contributed by atoms with Crippen molar-refractivity contribution in [2.24, 2.45) is 0 Å². The zero-order valence-corrected chi connectivity index (χ0v) is 15.2. The molecule has 1 aliphatic heterocycles. The Balaban J connectivity index is 1.61. The number of furan rings is 1. The third-order valence-corrected chi connectivity index (χ3v) is 4.97. The molecular weight excluding hydrogens is 342 g/mol. The monoisotopic (exact) mass is 365 g/mol. The lowest BCUT2D eigenvalue weighted by Crippen LogP contribution is -2.33. The molecule has 0 bridgehead atoms. The number of ether oxygens (including phenoxy) is 1. The van der Waals surface area contributed by atoms with Crippen LogP contribution < -0.4 is 4.74 Å². The van der Waals surface area contributed by atoms with Crippen LogP contribution in [0.4, 0.5) is 0 Å². The Labute approximate surface area is 158 Å². The number of piperidine rings is 1. The molecule has 2 aromatic carbocycles. The second-order valence-electron chi connectivity index (χ2n) is 6.89. The minimum Gasteiger partial charge on any atom is -0.508 e. The van der Waals surface area contributed by atoms with E-state index in [0.717, 1.165) is 19.6 Å². The molecule has 0 saturated carbocycles. The smallest absolute Gasteiger partial charge is 0.232 e. The van der Waals surface area contributed by atoms with Gasteiger partial charge < -0.3 is 14.3 Å². The molecule has 0 unspecified atom stereocenters. The van der Waals surface area contributed by atoms with Crippen LogP contribution in [0.3, 0.4) is 0 Å². The predicted octanol–water partition coefficient (Wildman–Crippen LogP) is 4.23. The molecule has 2 heterocycles. The van der Waals surface area contributed by atoms with Gasteiger partial charge in [0.05, 0.1) is 5.39 Å². The Morgan fingerprint density at radius 3 is 2.63 bits per heavy atom. The van der Waals surface area contributed by atoms with E-state index >= 15 is 0 Å². The summed E-state index contributed by atoms with van der Waals surface area (Å²) in [5.74, 6) is 0.505. The molecule has 5 heteroatoms. The molecule has 1 aromatic heterocycles. The highest BCUT2D eigenvalue weighted by atomic mass is 16.5. The lowest BCUT2D eigenvalue weighted by molar-refractivity contribution is 0.100. The molecule has 1 saturated heterocycles. The number of phenolic OH excluding ortho intramolecular Hbond substituents is 1. The zero-order valence-electron chi connectivity index (χ0n) is 15.2. The standard InChI is InChI=1S/C22H23NO4/c24-17-9-10-18-19(15-17)27-22(20(25)16-7-3-1-4-8-16)21(18)26-14-13-23-11-5-2-6-12-23/h1,3-4,7-10,15,24H,2,5-6,11-14H2. The number of ketones is 1. The average Bonchev–Trinajstić information content (AvgIpc) is 3.06. The summed E-state index contributed by atoms with van der Waals surface area (Å²) in [5, 5.41) is 10.4. The van der Waals surface area contributed by atoms with Gasteiger partial charge in [0, 0.05) is 18.2 Å². The van der Waals surface area contributed by atoms with Gasteiger partial charge in [0.1, 0.15) is 17.9 Å². The summed E-state index contributed by atoms with van der Waals surface area (Å²) < 4.78 is 11.8. The van der Waals surface area contributed by atoms with E-state index in [9.17, 15) is 9.90 Å². The van der Waals surface area contributed by atoms with Gasteiger partial charge in [-0.2, -0.15) is 0 Å². The van der Waals surface area contributed by atoms with Crippen molar-refractivity contribution in [3.8, 4) is 11.5 Å². The molecule has 27 heavy (non-hydrogen) atoms. The largest absolute Gasteiger partial charge is 0.508 e. The Bertz CT molecular complexity index is 926. The van der Waals surface area contributed by atoms with E-state index in [1.807, 2.05) is 18.2 Å². The van der Waals surface area contributed by atoms with Gasteiger partial charge in [-0.1, -0.05) is 36.8 Å². The maximum absolute atomic E-state index is 12.9. The van der Waals surface area contributed by atoms with Crippen molar-refractivity contribution in [1.29, 1.82) is 0 Å². The fourth-order valence-corrected chi connectivity index (χ4v) is 3.53. The van der Waals surface area contributed by atoms with Gasteiger partial charge in [0.15, 0.2) is 5.75 Å².